The molecule has 0 radical (unpaired) electrons. The number of aryl methyl sites for hydroxylation is 1. The molecule has 0 aliphatic carbocycles. The highest BCUT2D eigenvalue weighted by molar-refractivity contribution is 6.30. The van der Waals surface area contributed by atoms with Crippen LogP contribution in [0.2, 0.25) is 5.02 Å². The van der Waals surface area contributed by atoms with Gasteiger partial charge in [0.2, 0.25) is 0 Å². The topological polar surface area (TPSA) is 39.9 Å². The normalized spacial score (nSPS) is 10.6. The molecule has 1 heterocycles. The zero-order chi connectivity index (χ0) is 12.8. The highest BCUT2D eigenvalue weighted by Gasteiger charge is 2.00. The number of aromatic nitrogens is 3. The van der Waals surface area contributed by atoms with E-state index in [2.05, 4.69) is 10.3 Å². The van der Waals surface area contributed by atoms with Crippen LogP contribution >= 0.6 is 23.2 Å². The second kappa shape index (κ2) is 6.61. The van der Waals surface area contributed by atoms with Crippen molar-refractivity contribution in [1.29, 1.82) is 0 Å². The number of ether oxygens (including phenoxy) is 1. The molecule has 0 N–H and O–H groups in total. The lowest BCUT2D eigenvalue weighted by Gasteiger charge is -2.05. The molecule has 0 amide bonds. The maximum atomic E-state index is 5.86. The minimum atomic E-state index is 0.518. The Morgan fingerprint density at radius 1 is 1.33 bits per heavy atom. The van der Waals surface area contributed by atoms with E-state index < -0.39 is 0 Å². The first-order chi connectivity index (χ1) is 8.78. The first-order valence-electron chi connectivity index (χ1n) is 5.61. The molecule has 0 aliphatic heterocycles. The van der Waals surface area contributed by atoms with Crippen molar-refractivity contribution in [3.05, 3.63) is 41.2 Å². The van der Waals surface area contributed by atoms with Crippen LogP contribution in [-0.4, -0.2) is 27.5 Å². The highest BCUT2D eigenvalue weighted by atomic mass is 35.5. The number of halogens is 2. The summed E-state index contributed by atoms with van der Waals surface area (Å²) < 4.78 is 7.30. The van der Waals surface area contributed by atoms with Crippen molar-refractivity contribution in [2.75, 3.05) is 12.5 Å². The average molecular weight is 286 g/mol. The fourth-order valence-electron chi connectivity index (χ4n) is 1.47. The molecule has 0 spiro atoms. The SMILES string of the molecule is ClCCc1cn(CCOc2cccc(Cl)c2)nn1. The predicted octanol–water partition coefficient (Wildman–Crippen LogP) is 2.79. The molecule has 0 aliphatic rings. The lowest BCUT2D eigenvalue weighted by atomic mass is 10.3. The predicted molar refractivity (Wildman–Crippen MR) is 71.4 cm³/mol. The van der Waals surface area contributed by atoms with Gasteiger partial charge in [-0.1, -0.05) is 22.9 Å². The molecule has 0 saturated carbocycles. The van der Waals surface area contributed by atoms with E-state index in [4.69, 9.17) is 27.9 Å². The molecule has 1 aromatic heterocycles. The van der Waals surface area contributed by atoms with Crippen molar-refractivity contribution in [1.82, 2.24) is 15.0 Å². The summed E-state index contributed by atoms with van der Waals surface area (Å²) in [7, 11) is 0. The van der Waals surface area contributed by atoms with E-state index in [0.29, 0.717) is 24.1 Å². The summed E-state index contributed by atoms with van der Waals surface area (Å²) in [5.74, 6) is 1.31. The van der Waals surface area contributed by atoms with Crippen molar-refractivity contribution < 1.29 is 4.74 Å². The Balaban J connectivity index is 1.81. The quantitative estimate of drug-likeness (QED) is 0.767. The number of alkyl halides is 1. The molecule has 0 fully saturated rings. The zero-order valence-corrected chi connectivity index (χ0v) is 11.2. The maximum Gasteiger partial charge on any atom is 0.120 e. The van der Waals surface area contributed by atoms with E-state index in [1.165, 1.54) is 0 Å². The lowest BCUT2D eigenvalue weighted by Crippen LogP contribution is -2.08. The highest BCUT2D eigenvalue weighted by Crippen LogP contribution is 2.16. The van der Waals surface area contributed by atoms with E-state index >= 15 is 0 Å². The number of hydrogen-bond acceptors (Lipinski definition) is 3. The molecule has 6 heteroatoms. The van der Waals surface area contributed by atoms with Gasteiger partial charge in [0.1, 0.15) is 12.4 Å². The second-order valence-corrected chi connectivity index (χ2v) is 4.53. The summed E-state index contributed by atoms with van der Waals surface area (Å²) in [4.78, 5) is 0. The van der Waals surface area contributed by atoms with Crippen molar-refractivity contribution in [2.45, 2.75) is 13.0 Å². The summed E-state index contributed by atoms with van der Waals surface area (Å²) >= 11 is 11.5. The molecule has 18 heavy (non-hydrogen) atoms. The van der Waals surface area contributed by atoms with Crippen LogP contribution in [0.25, 0.3) is 0 Å². The summed E-state index contributed by atoms with van der Waals surface area (Å²) in [6, 6.07) is 7.31. The third-order valence-electron chi connectivity index (χ3n) is 2.32. The van der Waals surface area contributed by atoms with Crippen LogP contribution in [-0.2, 0) is 13.0 Å². The fraction of sp³-hybridized carbons (Fsp3) is 0.333. The lowest BCUT2D eigenvalue weighted by molar-refractivity contribution is 0.289. The minimum Gasteiger partial charge on any atom is -0.492 e. The van der Waals surface area contributed by atoms with Gasteiger partial charge in [-0.3, -0.25) is 0 Å². The van der Waals surface area contributed by atoms with Gasteiger partial charge in [0.15, 0.2) is 0 Å². The third-order valence-corrected chi connectivity index (χ3v) is 2.75. The summed E-state index contributed by atoms with van der Waals surface area (Å²) in [5.41, 5.74) is 0.896. The average Bonchev–Trinajstić information content (AvgIpc) is 2.78. The minimum absolute atomic E-state index is 0.518. The summed E-state index contributed by atoms with van der Waals surface area (Å²) in [5, 5.41) is 8.65. The van der Waals surface area contributed by atoms with Crippen LogP contribution in [0.3, 0.4) is 0 Å². The van der Waals surface area contributed by atoms with Crippen LogP contribution in [0.15, 0.2) is 30.5 Å². The van der Waals surface area contributed by atoms with Crippen LogP contribution in [0, 0.1) is 0 Å². The van der Waals surface area contributed by atoms with E-state index in [0.717, 1.165) is 17.9 Å². The molecule has 4 nitrogen and oxygen atoms in total. The van der Waals surface area contributed by atoms with Gasteiger partial charge in [0, 0.05) is 23.5 Å². The standard InChI is InChI=1S/C12H13Cl2N3O/c13-5-4-11-9-17(16-15-11)6-7-18-12-3-1-2-10(14)8-12/h1-3,8-9H,4-7H2. The van der Waals surface area contributed by atoms with E-state index in [1.54, 1.807) is 10.7 Å². The summed E-state index contributed by atoms with van der Waals surface area (Å²) in [6.07, 6.45) is 2.61. The van der Waals surface area contributed by atoms with Crippen molar-refractivity contribution in [2.24, 2.45) is 0 Å². The Kier molecular flexibility index (Phi) is 4.84. The molecule has 96 valence electrons. The molecule has 0 saturated heterocycles. The van der Waals surface area contributed by atoms with Crippen LogP contribution in [0.4, 0.5) is 0 Å². The largest absolute Gasteiger partial charge is 0.492 e. The van der Waals surface area contributed by atoms with Gasteiger partial charge in [-0.2, -0.15) is 0 Å². The van der Waals surface area contributed by atoms with Crippen molar-refractivity contribution in [3.63, 3.8) is 0 Å². The van der Waals surface area contributed by atoms with Gasteiger partial charge in [-0.25, -0.2) is 4.68 Å². The molecular weight excluding hydrogens is 273 g/mol. The van der Waals surface area contributed by atoms with Crippen molar-refractivity contribution in [3.8, 4) is 5.75 Å². The second-order valence-electron chi connectivity index (χ2n) is 3.72. The van der Waals surface area contributed by atoms with Gasteiger partial charge in [-0.05, 0) is 18.2 Å². The van der Waals surface area contributed by atoms with E-state index in [9.17, 15) is 0 Å². The molecule has 0 bridgehead atoms. The zero-order valence-electron chi connectivity index (χ0n) is 9.72. The number of nitrogens with zero attached hydrogens (tertiary/aromatic N) is 3. The maximum absolute atomic E-state index is 5.86. The number of benzene rings is 1. The van der Waals surface area contributed by atoms with Crippen LogP contribution < -0.4 is 4.74 Å². The molecule has 0 unspecified atom stereocenters. The van der Waals surface area contributed by atoms with Crippen LogP contribution in [0.5, 0.6) is 5.75 Å². The molecule has 2 rings (SSSR count). The smallest absolute Gasteiger partial charge is 0.120 e. The van der Waals surface area contributed by atoms with E-state index in [1.807, 2.05) is 24.4 Å². The van der Waals surface area contributed by atoms with E-state index in [-0.39, 0.29) is 0 Å². The molecule has 2 aromatic rings. The van der Waals surface area contributed by atoms with Gasteiger partial charge in [0.05, 0.1) is 12.2 Å². The molecule has 1 aromatic carbocycles. The Morgan fingerprint density at radius 3 is 3.00 bits per heavy atom. The first kappa shape index (κ1) is 13.2. The first-order valence-corrected chi connectivity index (χ1v) is 6.52. The summed E-state index contributed by atoms with van der Waals surface area (Å²) in [6.45, 7) is 1.16. The van der Waals surface area contributed by atoms with Crippen LogP contribution in [0.1, 0.15) is 5.69 Å². The monoisotopic (exact) mass is 285 g/mol. The molecule has 0 atom stereocenters. The van der Waals surface area contributed by atoms with Gasteiger partial charge >= 0.3 is 0 Å². The Hall–Kier alpha value is -1.26. The third kappa shape index (κ3) is 3.89. The van der Waals surface area contributed by atoms with Gasteiger partial charge in [0.25, 0.3) is 0 Å². The molecular formula is C12H13Cl2N3O. The fourth-order valence-corrected chi connectivity index (χ4v) is 1.85. The Labute approximate surface area is 115 Å². The van der Waals surface area contributed by atoms with Gasteiger partial charge < -0.3 is 4.74 Å². The Bertz CT molecular complexity index is 502. The Morgan fingerprint density at radius 2 is 2.22 bits per heavy atom. The number of hydrogen-bond donors (Lipinski definition) is 0. The van der Waals surface area contributed by atoms with Gasteiger partial charge in [-0.15, -0.1) is 16.7 Å². The number of rotatable bonds is 6. The van der Waals surface area contributed by atoms with Crippen molar-refractivity contribution >= 4 is 23.2 Å².